The van der Waals surface area contributed by atoms with Crippen molar-refractivity contribution in [3.63, 3.8) is 0 Å². The van der Waals surface area contributed by atoms with Crippen LogP contribution in [-0.2, 0) is 23.0 Å². The molecule has 0 radical (unpaired) electrons. The molecule has 5 nitrogen and oxygen atoms in total. The summed E-state index contributed by atoms with van der Waals surface area (Å²) >= 11 is 1.74. The monoisotopic (exact) mass is 367 g/mol. The Kier molecular flexibility index (Phi) is 4.61. The summed E-state index contributed by atoms with van der Waals surface area (Å²) in [5.74, 6) is 0.353. The number of benzene rings is 1. The second-order valence-corrected chi connectivity index (χ2v) is 7.54. The molecule has 6 heteroatoms. The van der Waals surface area contributed by atoms with Crippen molar-refractivity contribution in [2.75, 3.05) is 11.9 Å². The summed E-state index contributed by atoms with van der Waals surface area (Å²) in [4.78, 5) is 18.7. The maximum absolute atomic E-state index is 12.9. The van der Waals surface area contributed by atoms with E-state index in [2.05, 4.69) is 21.7 Å². The van der Waals surface area contributed by atoms with Gasteiger partial charge in [-0.05, 0) is 17.0 Å². The van der Waals surface area contributed by atoms with E-state index in [0.717, 1.165) is 23.2 Å². The van der Waals surface area contributed by atoms with Crippen molar-refractivity contribution in [1.29, 1.82) is 0 Å². The van der Waals surface area contributed by atoms with E-state index in [1.807, 2.05) is 48.9 Å². The lowest BCUT2D eigenvalue weighted by atomic mass is 9.94. The zero-order valence-corrected chi connectivity index (χ0v) is 15.6. The first kappa shape index (κ1) is 17.0. The molecule has 0 spiro atoms. The van der Waals surface area contributed by atoms with Gasteiger partial charge in [-0.25, -0.2) is 4.98 Å². The average molecular weight is 367 g/mol. The summed E-state index contributed by atoms with van der Waals surface area (Å²) in [6, 6.07) is 11.9. The van der Waals surface area contributed by atoms with Crippen molar-refractivity contribution in [3.8, 4) is 11.3 Å². The summed E-state index contributed by atoms with van der Waals surface area (Å²) in [5.41, 5.74) is 2.90. The minimum atomic E-state index is -0.290. The van der Waals surface area contributed by atoms with Gasteiger partial charge in [-0.2, -0.15) is 0 Å². The fraction of sp³-hybridized carbons (Fsp3) is 0.300. The van der Waals surface area contributed by atoms with Crippen molar-refractivity contribution in [2.24, 2.45) is 13.0 Å². The second kappa shape index (κ2) is 7.05. The second-order valence-electron chi connectivity index (χ2n) is 6.54. The van der Waals surface area contributed by atoms with Crippen LogP contribution in [0.1, 0.15) is 23.5 Å². The van der Waals surface area contributed by atoms with Crippen LogP contribution < -0.4 is 5.32 Å². The molecule has 0 saturated heterocycles. The quantitative estimate of drug-likeness (QED) is 0.757. The standard InChI is InChI=1S/C20H21N3O2S/c1-13(18-15-9-11-26-16(15)8-10-25-18)20(24)22-19-17(21-12-23(19)2)14-6-4-3-5-7-14/h3-7,9,11-13,18H,8,10H2,1-2H3,(H,22,24)/t13-,18-/m0/s1. The molecule has 1 amide bonds. The normalized spacial score (nSPS) is 17.5. The van der Waals surface area contributed by atoms with Gasteiger partial charge in [0, 0.05) is 23.9 Å². The predicted molar refractivity (Wildman–Crippen MR) is 103 cm³/mol. The Morgan fingerprint density at radius 2 is 2.15 bits per heavy atom. The number of carbonyl (C=O) groups excluding carboxylic acids is 1. The number of thiophene rings is 1. The third kappa shape index (κ3) is 3.06. The molecule has 1 aliphatic heterocycles. The lowest BCUT2D eigenvalue weighted by Crippen LogP contribution is -2.30. The van der Waals surface area contributed by atoms with Crippen LogP contribution in [-0.4, -0.2) is 22.1 Å². The van der Waals surface area contributed by atoms with Crippen LogP contribution in [0.2, 0.25) is 0 Å². The van der Waals surface area contributed by atoms with E-state index in [1.165, 1.54) is 4.88 Å². The Bertz CT molecular complexity index is 916. The number of nitrogens with zero attached hydrogens (tertiary/aromatic N) is 2. The zero-order chi connectivity index (χ0) is 18.1. The van der Waals surface area contributed by atoms with Gasteiger partial charge in [-0.3, -0.25) is 4.79 Å². The third-order valence-corrected chi connectivity index (χ3v) is 5.80. The van der Waals surface area contributed by atoms with E-state index < -0.39 is 0 Å². The van der Waals surface area contributed by atoms with Crippen LogP contribution in [0.25, 0.3) is 11.3 Å². The molecule has 0 saturated carbocycles. The van der Waals surface area contributed by atoms with E-state index in [-0.39, 0.29) is 17.9 Å². The van der Waals surface area contributed by atoms with Gasteiger partial charge in [0.2, 0.25) is 5.91 Å². The van der Waals surface area contributed by atoms with E-state index >= 15 is 0 Å². The van der Waals surface area contributed by atoms with Crippen LogP contribution in [0.5, 0.6) is 0 Å². The van der Waals surface area contributed by atoms with Gasteiger partial charge in [0.05, 0.1) is 25.0 Å². The fourth-order valence-electron chi connectivity index (χ4n) is 3.34. The first-order valence-corrected chi connectivity index (χ1v) is 9.58. The molecule has 4 rings (SSSR count). The molecule has 0 fully saturated rings. The number of hydrogen-bond acceptors (Lipinski definition) is 4. The third-order valence-electron chi connectivity index (χ3n) is 4.81. The molecule has 2 aromatic heterocycles. The molecule has 2 atom stereocenters. The highest BCUT2D eigenvalue weighted by molar-refractivity contribution is 7.10. The number of amides is 1. The maximum Gasteiger partial charge on any atom is 0.231 e. The van der Waals surface area contributed by atoms with Crippen molar-refractivity contribution in [2.45, 2.75) is 19.4 Å². The van der Waals surface area contributed by atoms with E-state index in [4.69, 9.17) is 4.74 Å². The largest absolute Gasteiger partial charge is 0.372 e. The van der Waals surface area contributed by atoms with Crippen molar-refractivity contribution < 1.29 is 9.53 Å². The molecule has 3 heterocycles. The smallest absolute Gasteiger partial charge is 0.231 e. The minimum Gasteiger partial charge on any atom is -0.372 e. The molecule has 1 aliphatic rings. The Labute approximate surface area is 156 Å². The lowest BCUT2D eigenvalue weighted by Gasteiger charge is -2.28. The van der Waals surface area contributed by atoms with Gasteiger partial charge in [-0.1, -0.05) is 37.3 Å². The Balaban J connectivity index is 1.57. The van der Waals surface area contributed by atoms with Crippen LogP contribution >= 0.6 is 11.3 Å². The fourth-order valence-corrected chi connectivity index (χ4v) is 4.24. The Morgan fingerprint density at radius 1 is 1.35 bits per heavy atom. The number of aryl methyl sites for hydroxylation is 1. The summed E-state index contributed by atoms with van der Waals surface area (Å²) in [5, 5.41) is 5.14. The van der Waals surface area contributed by atoms with Gasteiger partial charge >= 0.3 is 0 Å². The SMILES string of the molecule is C[C@H](C(=O)Nc1c(-c2ccccc2)ncn1C)[C@@H]1OCCc2sccc21. The Morgan fingerprint density at radius 3 is 2.96 bits per heavy atom. The van der Waals surface area contributed by atoms with Crippen LogP contribution in [0, 0.1) is 5.92 Å². The highest BCUT2D eigenvalue weighted by Gasteiger charge is 2.32. The number of rotatable bonds is 4. The molecular weight excluding hydrogens is 346 g/mol. The number of nitrogens with one attached hydrogen (secondary N) is 1. The van der Waals surface area contributed by atoms with Crippen molar-refractivity contribution >= 4 is 23.1 Å². The number of hydrogen-bond donors (Lipinski definition) is 1. The van der Waals surface area contributed by atoms with Crippen LogP contribution in [0.4, 0.5) is 5.82 Å². The maximum atomic E-state index is 12.9. The molecule has 26 heavy (non-hydrogen) atoms. The highest BCUT2D eigenvalue weighted by atomic mass is 32.1. The average Bonchev–Trinajstić information content (AvgIpc) is 3.29. The molecule has 3 aromatic rings. The van der Waals surface area contributed by atoms with Crippen molar-refractivity contribution in [1.82, 2.24) is 9.55 Å². The Hall–Kier alpha value is -2.44. The molecule has 134 valence electrons. The first-order chi connectivity index (χ1) is 12.6. The number of fused-ring (bicyclic) bond motifs is 1. The minimum absolute atomic E-state index is 0.0603. The molecule has 1 aromatic carbocycles. The van der Waals surface area contributed by atoms with Crippen LogP contribution in [0.15, 0.2) is 48.1 Å². The van der Waals surface area contributed by atoms with Crippen LogP contribution in [0.3, 0.4) is 0 Å². The molecule has 0 aliphatic carbocycles. The summed E-state index contributed by atoms with van der Waals surface area (Å²) in [7, 11) is 1.88. The number of aromatic nitrogens is 2. The molecule has 0 unspecified atom stereocenters. The van der Waals surface area contributed by atoms with Gasteiger partial charge < -0.3 is 14.6 Å². The summed E-state index contributed by atoms with van der Waals surface area (Å²) < 4.78 is 7.77. The summed E-state index contributed by atoms with van der Waals surface area (Å²) in [6.07, 6.45) is 2.45. The molecule has 1 N–H and O–H groups in total. The van der Waals surface area contributed by atoms with Gasteiger partial charge in [-0.15, -0.1) is 11.3 Å². The van der Waals surface area contributed by atoms with Crippen molar-refractivity contribution in [3.05, 3.63) is 58.5 Å². The molecular formula is C20H21N3O2S. The number of imidazole rings is 1. The predicted octanol–water partition coefficient (Wildman–Crippen LogP) is 4.04. The first-order valence-electron chi connectivity index (χ1n) is 8.70. The van der Waals surface area contributed by atoms with E-state index in [1.54, 1.807) is 17.7 Å². The number of ether oxygens (including phenoxy) is 1. The number of anilines is 1. The van der Waals surface area contributed by atoms with Gasteiger partial charge in [0.1, 0.15) is 11.5 Å². The highest BCUT2D eigenvalue weighted by Crippen LogP contribution is 2.36. The van der Waals surface area contributed by atoms with E-state index in [0.29, 0.717) is 12.4 Å². The van der Waals surface area contributed by atoms with Gasteiger partial charge in [0.25, 0.3) is 0 Å². The number of carbonyl (C=O) groups is 1. The molecule has 0 bridgehead atoms. The van der Waals surface area contributed by atoms with E-state index in [9.17, 15) is 4.79 Å². The summed E-state index contributed by atoms with van der Waals surface area (Å²) in [6.45, 7) is 2.59. The topological polar surface area (TPSA) is 56.2 Å². The zero-order valence-electron chi connectivity index (χ0n) is 14.8. The lowest BCUT2D eigenvalue weighted by molar-refractivity contribution is -0.125. The van der Waals surface area contributed by atoms with Gasteiger partial charge in [0.15, 0.2) is 0 Å².